The second-order valence-electron chi connectivity index (χ2n) is 6.63. The quantitative estimate of drug-likeness (QED) is 0.775. The number of aromatic nitrogens is 3. The van der Waals surface area contributed by atoms with E-state index in [1.54, 1.807) is 17.3 Å². The Bertz CT molecular complexity index is 1000. The van der Waals surface area contributed by atoms with E-state index in [0.717, 1.165) is 11.1 Å². The summed E-state index contributed by atoms with van der Waals surface area (Å²) in [5, 5.41) is 0. The van der Waals surface area contributed by atoms with Gasteiger partial charge in [-0.3, -0.25) is 14.6 Å². The molecule has 0 spiro atoms. The summed E-state index contributed by atoms with van der Waals surface area (Å²) >= 11 is 0. The van der Waals surface area contributed by atoms with Gasteiger partial charge in [-0.05, 0) is 24.5 Å². The molecule has 0 bridgehead atoms. The predicted octanol–water partition coefficient (Wildman–Crippen LogP) is 2.35. The molecule has 3 aromatic rings. The maximum Gasteiger partial charge on any atom is 0.254 e. The minimum atomic E-state index is -0.110. The zero-order valence-electron chi connectivity index (χ0n) is 14.9. The lowest BCUT2D eigenvalue weighted by atomic mass is 10.0. The third kappa shape index (κ3) is 3.79. The van der Waals surface area contributed by atoms with Crippen LogP contribution in [0.5, 0.6) is 0 Å². The fraction of sp³-hybridized carbons (Fsp3) is 0.238. The molecule has 4 rings (SSSR count). The van der Waals surface area contributed by atoms with E-state index in [0.29, 0.717) is 49.4 Å². The van der Waals surface area contributed by atoms with Gasteiger partial charge in [-0.25, -0.2) is 4.98 Å². The molecule has 0 saturated carbocycles. The van der Waals surface area contributed by atoms with Crippen molar-refractivity contribution in [2.75, 3.05) is 6.54 Å². The molecule has 27 heavy (non-hydrogen) atoms. The first-order chi connectivity index (χ1) is 13.2. The number of amides is 1. The summed E-state index contributed by atoms with van der Waals surface area (Å²) in [6, 6.07) is 13.4. The smallest absolute Gasteiger partial charge is 0.254 e. The topological polar surface area (TPSA) is 79.0 Å². The number of aromatic amines is 1. The molecule has 0 unspecified atom stereocenters. The SMILES string of the molecule is O=C(CCc1cccnc1)N1CCc2c(nc(-c3ccccc3)[nH]c2=O)C1. The maximum absolute atomic E-state index is 12.6. The van der Waals surface area contributed by atoms with E-state index in [9.17, 15) is 9.59 Å². The zero-order chi connectivity index (χ0) is 18.6. The lowest BCUT2D eigenvalue weighted by Crippen LogP contribution is -2.39. The molecule has 1 aliphatic heterocycles. The van der Waals surface area contributed by atoms with Crippen LogP contribution in [0, 0.1) is 0 Å². The number of fused-ring (bicyclic) bond motifs is 1. The van der Waals surface area contributed by atoms with Crippen molar-refractivity contribution in [3.63, 3.8) is 0 Å². The Morgan fingerprint density at radius 3 is 2.78 bits per heavy atom. The summed E-state index contributed by atoms with van der Waals surface area (Å²) in [4.78, 5) is 38.4. The van der Waals surface area contributed by atoms with Crippen LogP contribution in [0.1, 0.15) is 23.2 Å². The minimum absolute atomic E-state index is 0.0767. The summed E-state index contributed by atoms with van der Waals surface area (Å²) in [7, 11) is 0. The van der Waals surface area contributed by atoms with Gasteiger partial charge >= 0.3 is 0 Å². The van der Waals surface area contributed by atoms with Crippen molar-refractivity contribution in [2.45, 2.75) is 25.8 Å². The Balaban J connectivity index is 1.51. The first kappa shape index (κ1) is 17.1. The highest BCUT2D eigenvalue weighted by Crippen LogP contribution is 2.19. The number of benzene rings is 1. The van der Waals surface area contributed by atoms with E-state index in [2.05, 4.69) is 15.0 Å². The highest BCUT2D eigenvalue weighted by Gasteiger charge is 2.24. The van der Waals surface area contributed by atoms with Crippen LogP contribution in [0.3, 0.4) is 0 Å². The number of pyridine rings is 1. The number of nitrogens with zero attached hydrogens (tertiary/aromatic N) is 3. The van der Waals surface area contributed by atoms with Gasteiger partial charge in [-0.2, -0.15) is 0 Å². The first-order valence-electron chi connectivity index (χ1n) is 9.05. The minimum Gasteiger partial charge on any atom is -0.336 e. The van der Waals surface area contributed by atoms with Gasteiger partial charge in [-0.1, -0.05) is 36.4 Å². The lowest BCUT2D eigenvalue weighted by Gasteiger charge is -2.28. The fourth-order valence-electron chi connectivity index (χ4n) is 3.34. The van der Waals surface area contributed by atoms with E-state index in [-0.39, 0.29) is 11.5 Å². The molecular weight excluding hydrogens is 340 g/mol. The van der Waals surface area contributed by atoms with E-state index >= 15 is 0 Å². The monoisotopic (exact) mass is 360 g/mol. The maximum atomic E-state index is 12.6. The summed E-state index contributed by atoms with van der Waals surface area (Å²) in [5.74, 6) is 0.622. The van der Waals surface area contributed by atoms with Crippen molar-refractivity contribution in [1.29, 1.82) is 0 Å². The molecule has 0 radical (unpaired) electrons. The summed E-state index contributed by atoms with van der Waals surface area (Å²) in [6.07, 6.45) is 5.13. The van der Waals surface area contributed by atoms with Gasteiger partial charge in [0.25, 0.3) is 5.56 Å². The van der Waals surface area contributed by atoms with Gasteiger partial charge in [0, 0.05) is 36.5 Å². The predicted molar refractivity (Wildman–Crippen MR) is 102 cm³/mol. The van der Waals surface area contributed by atoms with Gasteiger partial charge in [-0.15, -0.1) is 0 Å². The molecule has 3 heterocycles. The lowest BCUT2D eigenvalue weighted by molar-refractivity contribution is -0.132. The van der Waals surface area contributed by atoms with Crippen molar-refractivity contribution >= 4 is 5.91 Å². The van der Waals surface area contributed by atoms with Crippen LogP contribution in [0.2, 0.25) is 0 Å². The molecule has 0 atom stereocenters. The second-order valence-corrected chi connectivity index (χ2v) is 6.63. The number of hydrogen-bond donors (Lipinski definition) is 1. The molecule has 6 nitrogen and oxygen atoms in total. The highest BCUT2D eigenvalue weighted by atomic mass is 16.2. The Hall–Kier alpha value is -3.28. The average Bonchev–Trinajstić information content (AvgIpc) is 2.73. The van der Waals surface area contributed by atoms with E-state index < -0.39 is 0 Å². The number of carbonyl (C=O) groups excluding carboxylic acids is 1. The second kappa shape index (κ2) is 7.53. The average molecular weight is 360 g/mol. The first-order valence-corrected chi connectivity index (χ1v) is 9.05. The van der Waals surface area contributed by atoms with Crippen molar-refractivity contribution < 1.29 is 4.79 Å². The van der Waals surface area contributed by atoms with Gasteiger partial charge in [0.15, 0.2) is 0 Å². The Kier molecular flexibility index (Phi) is 4.78. The third-order valence-electron chi connectivity index (χ3n) is 4.82. The normalized spacial score (nSPS) is 13.3. The zero-order valence-corrected chi connectivity index (χ0v) is 14.9. The Morgan fingerprint density at radius 2 is 2.00 bits per heavy atom. The molecule has 1 amide bonds. The van der Waals surface area contributed by atoms with Gasteiger partial charge in [0.1, 0.15) is 5.82 Å². The van der Waals surface area contributed by atoms with Crippen LogP contribution in [-0.4, -0.2) is 32.3 Å². The van der Waals surface area contributed by atoms with Gasteiger partial charge < -0.3 is 9.88 Å². The van der Waals surface area contributed by atoms with Crippen LogP contribution in [0.15, 0.2) is 59.7 Å². The number of aryl methyl sites for hydroxylation is 1. The van der Waals surface area contributed by atoms with Crippen LogP contribution >= 0.6 is 0 Å². The van der Waals surface area contributed by atoms with Crippen LogP contribution < -0.4 is 5.56 Å². The Labute approximate surface area is 156 Å². The van der Waals surface area contributed by atoms with E-state index in [1.807, 2.05) is 42.5 Å². The number of nitrogens with one attached hydrogen (secondary N) is 1. The molecule has 1 aromatic carbocycles. The number of rotatable bonds is 4. The Morgan fingerprint density at radius 1 is 1.15 bits per heavy atom. The molecule has 0 fully saturated rings. The number of hydrogen-bond acceptors (Lipinski definition) is 4. The van der Waals surface area contributed by atoms with E-state index in [4.69, 9.17) is 0 Å². The molecule has 136 valence electrons. The number of H-pyrrole nitrogens is 1. The largest absolute Gasteiger partial charge is 0.336 e. The van der Waals surface area contributed by atoms with Gasteiger partial charge in [0.05, 0.1) is 12.2 Å². The standard InChI is InChI=1S/C21H20N4O2/c26-19(9-8-15-5-4-11-22-13-15)25-12-10-17-18(14-25)23-20(24-21(17)27)16-6-2-1-3-7-16/h1-7,11,13H,8-10,12,14H2,(H,23,24,27). The summed E-state index contributed by atoms with van der Waals surface area (Å²) in [5.41, 5.74) is 3.17. The van der Waals surface area contributed by atoms with Crippen molar-refractivity contribution in [3.8, 4) is 11.4 Å². The molecule has 2 aromatic heterocycles. The summed E-state index contributed by atoms with van der Waals surface area (Å²) < 4.78 is 0. The molecule has 6 heteroatoms. The highest BCUT2D eigenvalue weighted by molar-refractivity contribution is 5.76. The molecular formula is C21H20N4O2. The van der Waals surface area contributed by atoms with Crippen LogP contribution in [0.4, 0.5) is 0 Å². The van der Waals surface area contributed by atoms with Crippen LogP contribution in [-0.2, 0) is 24.2 Å². The molecule has 0 aliphatic carbocycles. The molecule has 1 aliphatic rings. The van der Waals surface area contributed by atoms with Crippen LogP contribution in [0.25, 0.3) is 11.4 Å². The molecule has 1 N–H and O–H groups in total. The van der Waals surface area contributed by atoms with Crippen molar-refractivity contribution in [2.24, 2.45) is 0 Å². The van der Waals surface area contributed by atoms with Gasteiger partial charge in [0.2, 0.25) is 5.91 Å². The summed E-state index contributed by atoms with van der Waals surface area (Å²) in [6.45, 7) is 0.930. The van der Waals surface area contributed by atoms with Crippen molar-refractivity contribution in [3.05, 3.63) is 82.0 Å². The van der Waals surface area contributed by atoms with Crippen molar-refractivity contribution in [1.82, 2.24) is 19.9 Å². The number of carbonyl (C=O) groups is 1. The fourth-order valence-corrected chi connectivity index (χ4v) is 3.34. The molecule has 0 saturated heterocycles. The third-order valence-corrected chi connectivity index (χ3v) is 4.82. The van der Waals surface area contributed by atoms with E-state index in [1.165, 1.54) is 0 Å².